The fourth-order valence-electron chi connectivity index (χ4n) is 4.13. The Morgan fingerprint density at radius 2 is 1.55 bits per heavy atom. The third-order valence-electron chi connectivity index (χ3n) is 5.76. The summed E-state index contributed by atoms with van der Waals surface area (Å²) in [5.74, 6) is -5.16. The van der Waals surface area contributed by atoms with Crippen LogP contribution < -0.4 is 0 Å². The van der Waals surface area contributed by atoms with Gasteiger partial charge in [-0.05, 0) is 77.6 Å². The van der Waals surface area contributed by atoms with Gasteiger partial charge in [0.25, 0.3) is 0 Å². The van der Waals surface area contributed by atoms with Gasteiger partial charge < -0.3 is 0 Å². The maximum Gasteiger partial charge on any atom is 0.194 e. The summed E-state index contributed by atoms with van der Waals surface area (Å²) in [6.07, 6.45) is 2.20. The first kappa shape index (κ1) is 19.6. The summed E-state index contributed by atoms with van der Waals surface area (Å²) in [5, 5.41) is 0. The largest absolute Gasteiger partial charge is 0.207 e. The second-order valence-corrected chi connectivity index (χ2v) is 7.47. The Labute approximate surface area is 166 Å². The first-order chi connectivity index (χ1) is 13.9. The summed E-state index contributed by atoms with van der Waals surface area (Å²) < 4.78 is 69.9. The molecular formula is C24H19F5. The van der Waals surface area contributed by atoms with Crippen LogP contribution in [0, 0.1) is 29.1 Å². The quantitative estimate of drug-likeness (QED) is 0.331. The monoisotopic (exact) mass is 402 g/mol. The van der Waals surface area contributed by atoms with Gasteiger partial charge in [0.15, 0.2) is 17.5 Å². The highest BCUT2D eigenvalue weighted by Crippen LogP contribution is 2.38. The predicted octanol–water partition coefficient (Wildman–Crippen LogP) is 6.88. The number of hydrogen-bond donors (Lipinski definition) is 0. The molecule has 1 unspecified atom stereocenters. The molecule has 0 radical (unpaired) electrons. The van der Waals surface area contributed by atoms with Gasteiger partial charge in [-0.2, -0.15) is 0 Å². The highest BCUT2D eigenvalue weighted by molar-refractivity contribution is 5.66. The van der Waals surface area contributed by atoms with Crippen LogP contribution in [-0.2, 0) is 19.3 Å². The molecule has 1 atom stereocenters. The van der Waals surface area contributed by atoms with Gasteiger partial charge in [-0.3, -0.25) is 0 Å². The topological polar surface area (TPSA) is 0 Å². The van der Waals surface area contributed by atoms with Crippen molar-refractivity contribution in [3.05, 3.63) is 93.8 Å². The molecule has 29 heavy (non-hydrogen) atoms. The van der Waals surface area contributed by atoms with Gasteiger partial charge in [0.2, 0.25) is 0 Å². The Morgan fingerprint density at radius 3 is 2.21 bits per heavy atom. The predicted molar refractivity (Wildman–Crippen MR) is 102 cm³/mol. The molecule has 0 saturated carbocycles. The zero-order valence-corrected chi connectivity index (χ0v) is 15.8. The molecule has 0 heterocycles. The molecular weight excluding hydrogens is 383 g/mol. The molecule has 1 aliphatic carbocycles. The molecule has 3 aromatic carbocycles. The Hall–Kier alpha value is -2.69. The van der Waals surface area contributed by atoms with Crippen molar-refractivity contribution in [3.63, 3.8) is 0 Å². The smallest absolute Gasteiger partial charge is 0.194 e. The number of benzene rings is 3. The van der Waals surface area contributed by atoms with Gasteiger partial charge in [0, 0.05) is 5.56 Å². The van der Waals surface area contributed by atoms with Gasteiger partial charge in [-0.1, -0.05) is 31.2 Å². The fraction of sp³-hybridized carbons (Fsp3) is 0.250. The van der Waals surface area contributed by atoms with Gasteiger partial charge in [-0.25, -0.2) is 22.0 Å². The first-order valence-electron chi connectivity index (χ1n) is 9.62. The van der Waals surface area contributed by atoms with Crippen molar-refractivity contribution in [2.24, 2.45) is 0 Å². The molecule has 0 fully saturated rings. The minimum absolute atomic E-state index is 0.0264. The van der Waals surface area contributed by atoms with Crippen LogP contribution in [0.3, 0.4) is 0 Å². The molecule has 4 rings (SSSR count). The van der Waals surface area contributed by atoms with Crippen LogP contribution in [0.5, 0.6) is 0 Å². The molecule has 1 aliphatic rings. The van der Waals surface area contributed by atoms with Crippen molar-refractivity contribution in [1.82, 2.24) is 0 Å². The number of aryl methyl sites for hydroxylation is 1. The Bertz CT molecular complexity index is 1060. The Morgan fingerprint density at radius 1 is 0.828 bits per heavy atom. The molecule has 0 bridgehead atoms. The lowest BCUT2D eigenvalue weighted by atomic mass is 9.78. The van der Waals surface area contributed by atoms with Gasteiger partial charge in [0.1, 0.15) is 11.6 Å². The summed E-state index contributed by atoms with van der Waals surface area (Å²) in [4.78, 5) is 0. The van der Waals surface area contributed by atoms with E-state index in [4.69, 9.17) is 0 Å². The maximum absolute atomic E-state index is 15.1. The lowest BCUT2D eigenvalue weighted by Crippen LogP contribution is -2.16. The highest BCUT2D eigenvalue weighted by atomic mass is 19.2. The number of halogens is 5. The van der Waals surface area contributed by atoms with E-state index in [0.29, 0.717) is 30.4 Å². The third-order valence-corrected chi connectivity index (χ3v) is 5.76. The molecule has 0 amide bonds. The van der Waals surface area contributed by atoms with Crippen LogP contribution >= 0.6 is 0 Å². The Balaban J connectivity index is 1.67. The van der Waals surface area contributed by atoms with Crippen molar-refractivity contribution in [3.8, 4) is 11.1 Å². The molecule has 3 aromatic rings. The second-order valence-electron chi connectivity index (χ2n) is 7.47. The summed E-state index contributed by atoms with van der Waals surface area (Å²) in [6.45, 7) is 1.96. The van der Waals surface area contributed by atoms with Crippen LogP contribution in [0.4, 0.5) is 22.0 Å². The number of fused-ring (bicyclic) bond motifs is 1. The van der Waals surface area contributed by atoms with Crippen molar-refractivity contribution in [2.45, 2.75) is 38.5 Å². The second kappa shape index (κ2) is 7.62. The van der Waals surface area contributed by atoms with E-state index in [-0.39, 0.29) is 22.9 Å². The van der Waals surface area contributed by atoms with E-state index in [1.54, 1.807) is 18.2 Å². The van der Waals surface area contributed by atoms with Crippen LogP contribution in [-0.4, -0.2) is 0 Å². The van der Waals surface area contributed by atoms with E-state index in [1.165, 1.54) is 6.07 Å². The van der Waals surface area contributed by atoms with E-state index in [9.17, 15) is 17.6 Å². The molecule has 0 nitrogen and oxygen atoms in total. The standard InChI is InChI=1S/C24H19F5/c1-2-13-3-6-17(20(25)9-13)14-4-7-18-15(10-14)5-8-19(23(18)28)16-11-21(26)24(29)22(27)12-16/h3,5-6,8-9,11-12,14H,2,4,7,10H2,1H3. The number of rotatable bonds is 3. The SMILES string of the molecule is CCc1ccc(C2CCc3c(ccc(-c4cc(F)c(F)c(F)c4)c3F)C2)c(F)c1. The average molecular weight is 402 g/mol. The van der Waals surface area contributed by atoms with E-state index >= 15 is 4.39 Å². The minimum atomic E-state index is -1.58. The highest BCUT2D eigenvalue weighted by Gasteiger charge is 2.26. The van der Waals surface area contributed by atoms with Crippen molar-refractivity contribution < 1.29 is 22.0 Å². The lowest BCUT2D eigenvalue weighted by molar-refractivity contribution is 0.447. The molecule has 150 valence electrons. The zero-order valence-electron chi connectivity index (χ0n) is 15.8. The molecule has 0 aliphatic heterocycles. The van der Waals surface area contributed by atoms with Crippen molar-refractivity contribution >= 4 is 0 Å². The zero-order chi connectivity index (χ0) is 20.7. The van der Waals surface area contributed by atoms with E-state index in [2.05, 4.69) is 0 Å². The van der Waals surface area contributed by atoms with E-state index in [1.807, 2.05) is 13.0 Å². The fourth-order valence-corrected chi connectivity index (χ4v) is 4.13. The van der Waals surface area contributed by atoms with Crippen LogP contribution in [0.2, 0.25) is 0 Å². The van der Waals surface area contributed by atoms with Crippen LogP contribution in [0.25, 0.3) is 11.1 Å². The van der Waals surface area contributed by atoms with Gasteiger partial charge >= 0.3 is 0 Å². The maximum atomic E-state index is 15.1. The average Bonchev–Trinajstić information content (AvgIpc) is 2.71. The normalized spacial score (nSPS) is 16.0. The summed E-state index contributed by atoms with van der Waals surface area (Å²) >= 11 is 0. The van der Waals surface area contributed by atoms with Crippen LogP contribution in [0.15, 0.2) is 42.5 Å². The molecule has 0 spiro atoms. The number of hydrogen-bond acceptors (Lipinski definition) is 0. The summed E-state index contributed by atoms with van der Waals surface area (Å²) in [6, 6.07) is 10.00. The summed E-state index contributed by atoms with van der Waals surface area (Å²) in [7, 11) is 0. The van der Waals surface area contributed by atoms with Crippen molar-refractivity contribution in [1.29, 1.82) is 0 Å². The van der Waals surface area contributed by atoms with Crippen molar-refractivity contribution in [2.75, 3.05) is 0 Å². The molecule has 0 saturated heterocycles. The minimum Gasteiger partial charge on any atom is -0.207 e. The third kappa shape index (κ3) is 3.54. The summed E-state index contributed by atoms with van der Waals surface area (Å²) in [5.41, 5.74) is 2.75. The van der Waals surface area contributed by atoms with E-state index < -0.39 is 23.3 Å². The van der Waals surface area contributed by atoms with E-state index in [0.717, 1.165) is 29.7 Å². The molecule has 5 heteroatoms. The first-order valence-corrected chi connectivity index (χ1v) is 9.62. The molecule has 0 aromatic heterocycles. The molecule has 0 N–H and O–H groups in total. The Kier molecular flexibility index (Phi) is 5.15. The van der Waals surface area contributed by atoms with Gasteiger partial charge in [-0.15, -0.1) is 0 Å². The van der Waals surface area contributed by atoms with Gasteiger partial charge in [0.05, 0.1) is 0 Å². The van der Waals surface area contributed by atoms with Crippen LogP contribution in [0.1, 0.15) is 41.5 Å². The lowest BCUT2D eigenvalue weighted by Gasteiger charge is -2.26.